The second-order valence-electron chi connectivity index (χ2n) is 6.89. The number of rotatable bonds is 6. The first-order valence-corrected chi connectivity index (χ1v) is 9.13. The average Bonchev–Trinajstić information content (AvgIpc) is 2.63. The lowest BCUT2D eigenvalue weighted by atomic mass is 9.98. The first-order chi connectivity index (χ1) is 12.5. The van der Waals surface area contributed by atoms with Crippen LogP contribution in [-0.2, 0) is 0 Å². The summed E-state index contributed by atoms with van der Waals surface area (Å²) in [6.07, 6.45) is 3.70. The number of nitrogens with zero attached hydrogens (tertiary/aromatic N) is 2. The number of likely N-dealkylation sites (tertiary alicyclic amines) is 1. The molecule has 0 atom stereocenters. The van der Waals surface area contributed by atoms with E-state index in [2.05, 4.69) is 18.8 Å². The van der Waals surface area contributed by atoms with Crippen molar-refractivity contribution in [1.82, 2.24) is 9.80 Å². The number of anilines is 1. The number of carbonyl (C=O) groups excluding carboxylic acids is 2. The summed E-state index contributed by atoms with van der Waals surface area (Å²) in [6.45, 7) is 9.80. The van der Waals surface area contributed by atoms with Crippen LogP contribution < -0.4 is 5.32 Å². The fourth-order valence-corrected chi connectivity index (χ4v) is 3.08. The van der Waals surface area contributed by atoms with E-state index in [0.717, 1.165) is 31.5 Å². The van der Waals surface area contributed by atoms with Gasteiger partial charge in [0.15, 0.2) is 0 Å². The van der Waals surface area contributed by atoms with Crippen molar-refractivity contribution >= 4 is 17.6 Å². The molecular formula is C20H29N3O3. The summed E-state index contributed by atoms with van der Waals surface area (Å²) < 4.78 is 0. The predicted octanol–water partition coefficient (Wildman–Crippen LogP) is 2.88. The Morgan fingerprint density at radius 2 is 2.08 bits per heavy atom. The van der Waals surface area contributed by atoms with E-state index in [-0.39, 0.29) is 25.1 Å². The molecule has 2 rings (SSSR count). The first kappa shape index (κ1) is 20.0. The third-order valence-electron chi connectivity index (χ3n) is 4.79. The maximum absolute atomic E-state index is 12.7. The van der Waals surface area contributed by atoms with Gasteiger partial charge in [-0.3, -0.25) is 4.79 Å². The third kappa shape index (κ3) is 5.08. The van der Waals surface area contributed by atoms with Crippen LogP contribution in [0.4, 0.5) is 10.5 Å². The van der Waals surface area contributed by atoms with Gasteiger partial charge in [0, 0.05) is 37.4 Å². The smallest absolute Gasteiger partial charge is 0.322 e. The topological polar surface area (TPSA) is 72.9 Å². The Balaban J connectivity index is 2.05. The molecule has 1 fully saturated rings. The summed E-state index contributed by atoms with van der Waals surface area (Å²) in [7, 11) is 0. The molecule has 1 aliphatic rings. The highest BCUT2D eigenvalue weighted by atomic mass is 16.3. The van der Waals surface area contributed by atoms with Crippen molar-refractivity contribution in [3.8, 4) is 0 Å². The minimum absolute atomic E-state index is 0.0476. The van der Waals surface area contributed by atoms with Crippen LogP contribution in [0.5, 0.6) is 0 Å². The Hall–Kier alpha value is -2.34. The third-order valence-corrected chi connectivity index (χ3v) is 4.79. The van der Waals surface area contributed by atoms with E-state index >= 15 is 0 Å². The van der Waals surface area contributed by atoms with Crippen LogP contribution in [-0.4, -0.2) is 59.6 Å². The minimum atomic E-state index is -0.300. The Bertz CT molecular complexity index is 652. The van der Waals surface area contributed by atoms with Gasteiger partial charge in [-0.2, -0.15) is 0 Å². The van der Waals surface area contributed by atoms with Gasteiger partial charge in [0.1, 0.15) is 0 Å². The van der Waals surface area contributed by atoms with Crippen molar-refractivity contribution in [2.75, 3.05) is 38.1 Å². The van der Waals surface area contributed by atoms with Gasteiger partial charge in [0.25, 0.3) is 5.91 Å². The molecule has 0 unspecified atom stereocenters. The number of amides is 3. The molecule has 6 heteroatoms. The Kier molecular flexibility index (Phi) is 7.21. The van der Waals surface area contributed by atoms with E-state index in [4.69, 9.17) is 5.11 Å². The number of piperidine rings is 1. The van der Waals surface area contributed by atoms with Gasteiger partial charge in [-0.15, -0.1) is 6.58 Å². The van der Waals surface area contributed by atoms with E-state index in [1.165, 1.54) is 4.90 Å². The lowest BCUT2D eigenvalue weighted by Crippen LogP contribution is -2.38. The van der Waals surface area contributed by atoms with E-state index in [1.54, 1.807) is 18.2 Å². The molecule has 0 bridgehead atoms. The van der Waals surface area contributed by atoms with Crippen LogP contribution >= 0.6 is 0 Å². The monoisotopic (exact) mass is 359 g/mol. The number of carbonyl (C=O) groups is 2. The summed E-state index contributed by atoms with van der Waals surface area (Å²) in [5, 5.41) is 11.9. The summed E-state index contributed by atoms with van der Waals surface area (Å²) in [5.41, 5.74) is 2.14. The summed E-state index contributed by atoms with van der Waals surface area (Å²) in [5.74, 6) is 0.724. The summed E-state index contributed by atoms with van der Waals surface area (Å²) in [4.78, 5) is 28.4. The molecule has 1 saturated heterocycles. The molecule has 1 aromatic rings. The number of aliphatic hydroxyl groups excluding tert-OH is 1. The van der Waals surface area contributed by atoms with Gasteiger partial charge in [-0.25, -0.2) is 4.79 Å². The largest absolute Gasteiger partial charge is 0.395 e. The first-order valence-electron chi connectivity index (χ1n) is 9.13. The van der Waals surface area contributed by atoms with Crippen LogP contribution in [0.25, 0.3) is 0 Å². The van der Waals surface area contributed by atoms with Crippen molar-refractivity contribution in [2.45, 2.75) is 26.7 Å². The fraction of sp³-hybridized carbons (Fsp3) is 0.500. The molecule has 2 N–H and O–H groups in total. The predicted molar refractivity (Wildman–Crippen MR) is 103 cm³/mol. The highest BCUT2D eigenvalue weighted by Gasteiger charge is 2.22. The normalized spacial score (nSPS) is 14.8. The van der Waals surface area contributed by atoms with E-state index in [0.29, 0.717) is 23.7 Å². The quantitative estimate of drug-likeness (QED) is 0.767. The average molecular weight is 359 g/mol. The van der Waals surface area contributed by atoms with Crippen molar-refractivity contribution in [3.63, 3.8) is 0 Å². The zero-order chi connectivity index (χ0) is 19.1. The number of aliphatic hydroxyl groups is 1. The molecule has 1 heterocycles. The van der Waals surface area contributed by atoms with Gasteiger partial charge in [0.05, 0.1) is 6.61 Å². The molecule has 26 heavy (non-hydrogen) atoms. The molecule has 0 aliphatic carbocycles. The molecule has 3 amide bonds. The number of hydrogen-bond donors (Lipinski definition) is 2. The van der Waals surface area contributed by atoms with E-state index in [9.17, 15) is 9.59 Å². The summed E-state index contributed by atoms with van der Waals surface area (Å²) >= 11 is 0. The van der Waals surface area contributed by atoms with Gasteiger partial charge in [0.2, 0.25) is 0 Å². The maximum Gasteiger partial charge on any atom is 0.322 e. The lowest BCUT2D eigenvalue weighted by Gasteiger charge is -2.30. The second-order valence-corrected chi connectivity index (χ2v) is 6.89. The minimum Gasteiger partial charge on any atom is -0.395 e. The molecular weight excluding hydrogens is 330 g/mol. The molecule has 1 aromatic carbocycles. The van der Waals surface area contributed by atoms with Gasteiger partial charge in [-0.05, 0) is 49.4 Å². The van der Waals surface area contributed by atoms with Crippen LogP contribution in [0.3, 0.4) is 0 Å². The van der Waals surface area contributed by atoms with Gasteiger partial charge >= 0.3 is 6.03 Å². The number of hydrogen-bond acceptors (Lipinski definition) is 3. The molecule has 1 aliphatic heterocycles. The highest BCUT2D eigenvalue weighted by Crippen LogP contribution is 2.21. The Morgan fingerprint density at radius 1 is 1.38 bits per heavy atom. The fourth-order valence-electron chi connectivity index (χ4n) is 3.08. The molecule has 142 valence electrons. The molecule has 0 radical (unpaired) electrons. The Labute approximate surface area is 155 Å². The molecule has 0 saturated carbocycles. The van der Waals surface area contributed by atoms with Crippen LogP contribution in [0, 0.1) is 12.8 Å². The zero-order valence-electron chi connectivity index (χ0n) is 15.7. The van der Waals surface area contributed by atoms with Crippen molar-refractivity contribution in [3.05, 3.63) is 42.0 Å². The van der Waals surface area contributed by atoms with Gasteiger partial charge < -0.3 is 20.2 Å². The molecule has 6 nitrogen and oxygen atoms in total. The van der Waals surface area contributed by atoms with E-state index < -0.39 is 0 Å². The van der Waals surface area contributed by atoms with Crippen molar-refractivity contribution in [1.29, 1.82) is 0 Å². The number of aryl methyl sites for hydroxylation is 1. The molecule has 0 aromatic heterocycles. The number of nitrogens with one attached hydrogen (secondary N) is 1. The SMILES string of the molecule is C=CCN(CCO)C(=O)Nc1ccc(C(=O)N2CCC(C)CC2)cc1C. The van der Waals surface area contributed by atoms with Crippen LogP contribution in [0.1, 0.15) is 35.7 Å². The highest BCUT2D eigenvalue weighted by molar-refractivity contribution is 5.96. The summed E-state index contributed by atoms with van der Waals surface area (Å²) in [6, 6.07) is 5.04. The maximum atomic E-state index is 12.7. The van der Waals surface area contributed by atoms with Crippen LogP contribution in [0.15, 0.2) is 30.9 Å². The van der Waals surface area contributed by atoms with E-state index in [1.807, 2.05) is 17.9 Å². The van der Waals surface area contributed by atoms with Crippen LogP contribution in [0.2, 0.25) is 0 Å². The second kappa shape index (κ2) is 9.38. The number of benzene rings is 1. The Morgan fingerprint density at radius 3 is 2.65 bits per heavy atom. The standard InChI is InChI=1S/C20H29N3O3/c1-4-9-23(12-13-24)20(26)21-18-6-5-17(14-16(18)3)19(25)22-10-7-15(2)8-11-22/h4-6,14-15,24H,1,7-13H2,2-3H3,(H,21,26). The van der Waals surface area contributed by atoms with Gasteiger partial charge in [-0.1, -0.05) is 13.0 Å². The van der Waals surface area contributed by atoms with Crippen molar-refractivity contribution in [2.24, 2.45) is 5.92 Å². The number of urea groups is 1. The van der Waals surface area contributed by atoms with Crippen molar-refractivity contribution < 1.29 is 14.7 Å². The molecule has 0 spiro atoms. The lowest BCUT2D eigenvalue weighted by molar-refractivity contribution is 0.0697. The zero-order valence-corrected chi connectivity index (χ0v) is 15.7.